The second-order valence-corrected chi connectivity index (χ2v) is 7.96. The summed E-state index contributed by atoms with van der Waals surface area (Å²) in [7, 11) is 0. The largest absolute Gasteiger partial charge is 0.454 e. The maximum absolute atomic E-state index is 12.9. The molecule has 1 N–H and O–H groups in total. The van der Waals surface area contributed by atoms with Crippen LogP contribution < -0.4 is 14.8 Å². The number of piperazine rings is 1. The summed E-state index contributed by atoms with van der Waals surface area (Å²) >= 11 is 6.20. The van der Waals surface area contributed by atoms with E-state index in [1.54, 1.807) is 17.0 Å². The lowest BCUT2D eigenvalue weighted by Crippen LogP contribution is -2.50. The molecule has 4 rings (SSSR count). The first-order valence-corrected chi connectivity index (χ1v) is 10.3. The molecular formula is C22H24ClN3O4. The quantitative estimate of drug-likeness (QED) is 0.808. The van der Waals surface area contributed by atoms with Crippen molar-refractivity contribution >= 4 is 29.1 Å². The second kappa shape index (κ2) is 8.53. The van der Waals surface area contributed by atoms with Crippen LogP contribution in [0.5, 0.6) is 11.5 Å². The van der Waals surface area contributed by atoms with Crippen molar-refractivity contribution in [3.63, 3.8) is 0 Å². The molecule has 1 saturated heterocycles. The average Bonchev–Trinajstić information content (AvgIpc) is 3.21. The third-order valence-corrected chi connectivity index (χ3v) is 5.86. The van der Waals surface area contributed by atoms with Crippen molar-refractivity contribution in [2.75, 3.05) is 44.8 Å². The molecule has 2 aromatic carbocycles. The molecule has 30 heavy (non-hydrogen) atoms. The van der Waals surface area contributed by atoms with Crippen molar-refractivity contribution in [1.82, 2.24) is 9.80 Å². The number of carbonyl (C=O) groups is 2. The van der Waals surface area contributed by atoms with Gasteiger partial charge in [-0.1, -0.05) is 23.7 Å². The highest BCUT2D eigenvalue weighted by atomic mass is 35.5. The van der Waals surface area contributed by atoms with Crippen LogP contribution in [0.15, 0.2) is 30.3 Å². The Morgan fingerprint density at radius 1 is 1.10 bits per heavy atom. The zero-order valence-electron chi connectivity index (χ0n) is 17.0. The lowest BCUT2D eigenvalue weighted by molar-refractivity contribution is -0.117. The summed E-state index contributed by atoms with van der Waals surface area (Å²) in [6, 6.07) is 9.15. The third-order valence-electron chi connectivity index (χ3n) is 5.58. The van der Waals surface area contributed by atoms with Gasteiger partial charge >= 0.3 is 0 Å². The molecule has 7 nitrogen and oxygen atoms in total. The van der Waals surface area contributed by atoms with E-state index in [0.29, 0.717) is 54.8 Å². The molecule has 2 amide bonds. The zero-order chi connectivity index (χ0) is 21.3. The molecule has 1 fully saturated rings. The molecule has 158 valence electrons. The van der Waals surface area contributed by atoms with Gasteiger partial charge in [0.25, 0.3) is 5.91 Å². The van der Waals surface area contributed by atoms with Crippen LogP contribution in [0.4, 0.5) is 5.69 Å². The Kier molecular flexibility index (Phi) is 5.83. The standard InChI is InChI=1S/C22H24ClN3O4/c1-14-4-3-5-18(15(14)2)24-20(27)12-25-6-8-26(9-7-25)22(28)16-10-17(23)21-19(11-16)29-13-30-21/h3-5,10-11H,6-9,12-13H2,1-2H3,(H,24,27). The smallest absolute Gasteiger partial charge is 0.254 e. The molecule has 2 heterocycles. The summed E-state index contributed by atoms with van der Waals surface area (Å²) in [5.41, 5.74) is 3.53. The number of anilines is 1. The Morgan fingerprint density at radius 2 is 1.87 bits per heavy atom. The molecule has 0 saturated carbocycles. The van der Waals surface area contributed by atoms with Gasteiger partial charge in [0.1, 0.15) is 0 Å². The monoisotopic (exact) mass is 429 g/mol. The van der Waals surface area contributed by atoms with E-state index in [4.69, 9.17) is 21.1 Å². The minimum absolute atomic E-state index is 0.0500. The number of ether oxygens (including phenoxy) is 2. The minimum Gasteiger partial charge on any atom is -0.454 e. The molecule has 2 aromatic rings. The fourth-order valence-corrected chi connectivity index (χ4v) is 3.93. The number of carbonyl (C=O) groups excluding carboxylic acids is 2. The van der Waals surface area contributed by atoms with Gasteiger partial charge in [0.2, 0.25) is 12.7 Å². The number of halogens is 1. The normalized spacial score (nSPS) is 15.9. The highest BCUT2D eigenvalue weighted by Crippen LogP contribution is 2.40. The van der Waals surface area contributed by atoms with Gasteiger partial charge in [0, 0.05) is 37.4 Å². The Labute approximate surface area is 180 Å². The molecule has 0 aromatic heterocycles. The van der Waals surface area contributed by atoms with Gasteiger partial charge in [-0.2, -0.15) is 0 Å². The van der Waals surface area contributed by atoms with Crippen molar-refractivity contribution in [3.05, 3.63) is 52.0 Å². The number of fused-ring (bicyclic) bond motifs is 1. The number of benzene rings is 2. The Morgan fingerprint density at radius 3 is 2.63 bits per heavy atom. The van der Waals surface area contributed by atoms with E-state index in [1.807, 2.05) is 32.0 Å². The van der Waals surface area contributed by atoms with Crippen LogP contribution in [0, 0.1) is 13.8 Å². The van der Waals surface area contributed by atoms with Crippen molar-refractivity contribution in [3.8, 4) is 11.5 Å². The number of nitrogens with one attached hydrogen (secondary N) is 1. The van der Waals surface area contributed by atoms with E-state index in [-0.39, 0.29) is 18.6 Å². The Balaban J connectivity index is 1.32. The molecule has 2 aliphatic rings. The fourth-order valence-electron chi connectivity index (χ4n) is 3.66. The van der Waals surface area contributed by atoms with Gasteiger partial charge in [0.15, 0.2) is 11.5 Å². The summed E-state index contributed by atoms with van der Waals surface area (Å²) in [6.07, 6.45) is 0. The van der Waals surface area contributed by atoms with Crippen LogP contribution in [0.3, 0.4) is 0 Å². The number of aryl methyl sites for hydroxylation is 1. The van der Waals surface area contributed by atoms with Gasteiger partial charge in [-0.15, -0.1) is 0 Å². The number of hydrogen-bond donors (Lipinski definition) is 1. The lowest BCUT2D eigenvalue weighted by Gasteiger charge is -2.34. The number of amides is 2. The van der Waals surface area contributed by atoms with E-state index >= 15 is 0 Å². The van der Waals surface area contributed by atoms with Crippen LogP contribution in [-0.4, -0.2) is 61.1 Å². The molecule has 0 bridgehead atoms. The van der Waals surface area contributed by atoms with Crippen molar-refractivity contribution < 1.29 is 19.1 Å². The van der Waals surface area contributed by atoms with E-state index in [1.165, 1.54) is 0 Å². The van der Waals surface area contributed by atoms with E-state index in [2.05, 4.69) is 10.2 Å². The number of rotatable bonds is 4. The molecule has 0 aliphatic carbocycles. The number of nitrogens with zero attached hydrogens (tertiary/aromatic N) is 2. The van der Waals surface area contributed by atoms with Crippen molar-refractivity contribution in [2.24, 2.45) is 0 Å². The van der Waals surface area contributed by atoms with Gasteiger partial charge in [0.05, 0.1) is 11.6 Å². The zero-order valence-corrected chi connectivity index (χ0v) is 17.8. The SMILES string of the molecule is Cc1cccc(NC(=O)CN2CCN(C(=O)c3cc(Cl)c4c(c3)OCO4)CC2)c1C. The lowest BCUT2D eigenvalue weighted by atomic mass is 10.1. The summed E-state index contributed by atoms with van der Waals surface area (Å²) in [4.78, 5) is 29.1. The maximum atomic E-state index is 12.9. The molecule has 0 spiro atoms. The minimum atomic E-state index is -0.102. The highest BCUT2D eigenvalue weighted by molar-refractivity contribution is 6.32. The molecule has 0 unspecified atom stereocenters. The first kappa shape index (κ1) is 20.5. The van der Waals surface area contributed by atoms with Gasteiger partial charge < -0.3 is 19.7 Å². The predicted molar refractivity (Wildman–Crippen MR) is 114 cm³/mol. The summed E-state index contributed by atoms with van der Waals surface area (Å²) < 4.78 is 10.6. The van der Waals surface area contributed by atoms with E-state index in [0.717, 1.165) is 16.8 Å². The molecule has 8 heteroatoms. The topological polar surface area (TPSA) is 71.1 Å². The fraction of sp³-hybridized carbons (Fsp3) is 0.364. The maximum Gasteiger partial charge on any atom is 0.254 e. The predicted octanol–water partition coefficient (Wildman–Crippen LogP) is 3.08. The van der Waals surface area contributed by atoms with Gasteiger partial charge in [-0.3, -0.25) is 14.5 Å². The second-order valence-electron chi connectivity index (χ2n) is 7.56. The van der Waals surface area contributed by atoms with Crippen LogP contribution in [0.2, 0.25) is 5.02 Å². The summed E-state index contributed by atoms with van der Waals surface area (Å²) in [5, 5.41) is 3.36. The first-order chi connectivity index (χ1) is 14.4. The van der Waals surface area contributed by atoms with Crippen LogP contribution in [-0.2, 0) is 4.79 Å². The van der Waals surface area contributed by atoms with Crippen LogP contribution >= 0.6 is 11.6 Å². The van der Waals surface area contributed by atoms with Gasteiger partial charge in [-0.05, 0) is 43.2 Å². The van der Waals surface area contributed by atoms with Crippen LogP contribution in [0.1, 0.15) is 21.5 Å². The summed E-state index contributed by atoms with van der Waals surface area (Å²) in [6.45, 7) is 6.77. The Bertz CT molecular complexity index is 987. The number of hydrogen-bond acceptors (Lipinski definition) is 5. The third kappa shape index (κ3) is 4.22. The van der Waals surface area contributed by atoms with Crippen molar-refractivity contribution in [2.45, 2.75) is 13.8 Å². The molecule has 0 atom stereocenters. The Hall–Kier alpha value is -2.77. The molecular weight excluding hydrogens is 406 g/mol. The van der Waals surface area contributed by atoms with Gasteiger partial charge in [-0.25, -0.2) is 0 Å². The molecule has 0 radical (unpaired) electrons. The summed E-state index contributed by atoms with van der Waals surface area (Å²) in [5.74, 6) is 0.821. The molecule has 2 aliphatic heterocycles. The van der Waals surface area contributed by atoms with E-state index < -0.39 is 0 Å². The first-order valence-electron chi connectivity index (χ1n) is 9.89. The highest BCUT2D eigenvalue weighted by Gasteiger charge is 2.26. The average molecular weight is 430 g/mol. The van der Waals surface area contributed by atoms with Crippen LogP contribution in [0.25, 0.3) is 0 Å². The van der Waals surface area contributed by atoms with Crippen molar-refractivity contribution in [1.29, 1.82) is 0 Å². The van der Waals surface area contributed by atoms with E-state index in [9.17, 15) is 9.59 Å².